The van der Waals surface area contributed by atoms with Crippen LogP contribution < -0.4 is 14.9 Å². The lowest BCUT2D eigenvalue weighted by Gasteiger charge is -2.10. The first-order valence-electron chi connectivity index (χ1n) is 7.62. The molecule has 0 saturated heterocycles. The first-order chi connectivity index (χ1) is 11.6. The molecule has 0 saturated carbocycles. The highest BCUT2D eigenvalue weighted by Gasteiger charge is 2.11. The van der Waals surface area contributed by atoms with Crippen LogP contribution in [0.5, 0.6) is 11.5 Å². The molecule has 7 nitrogen and oxygen atoms in total. The fourth-order valence-electron chi connectivity index (χ4n) is 2.42. The van der Waals surface area contributed by atoms with Gasteiger partial charge in [-0.1, -0.05) is 0 Å². The van der Waals surface area contributed by atoms with E-state index in [1.54, 1.807) is 23.9 Å². The number of hydrogen-bond donors (Lipinski definition) is 1. The number of anilines is 1. The van der Waals surface area contributed by atoms with Gasteiger partial charge in [0.15, 0.2) is 11.6 Å². The summed E-state index contributed by atoms with van der Waals surface area (Å²) in [4.78, 5) is 14.4. The normalized spacial score (nSPS) is 11.0. The van der Waals surface area contributed by atoms with Crippen molar-refractivity contribution in [2.24, 2.45) is 0 Å². The number of benzene rings is 1. The molecular weight excluding hydrogens is 308 g/mol. The van der Waals surface area contributed by atoms with Crippen LogP contribution in [0.1, 0.15) is 13.8 Å². The van der Waals surface area contributed by atoms with Gasteiger partial charge in [0.05, 0.1) is 19.7 Å². The summed E-state index contributed by atoms with van der Waals surface area (Å²) in [5, 5.41) is 8.64. The fraction of sp³-hybridized carbons (Fsp3) is 0.294. The van der Waals surface area contributed by atoms with Crippen molar-refractivity contribution in [3.05, 3.63) is 36.5 Å². The van der Waals surface area contributed by atoms with Gasteiger partial charge in [-0.15, -0.1) is 5.10 Å². The van der Waals surface area contributed by atoms with E-state index < -0.39 is 0 Å². The maximum absolute atomic E-state index is 5.49. The smallest absolute Gasteiger partial charge is 0.167 e. The van der Waals surface area contributed by atoms with Crippen LogP contribution in [0.3, 0.4) is 0 Å². The minimum absolute atomic E-state index is 0.307. The van der Waals surface area contributed by atoms with Gasteiger partial charge in [0.2, 0.25) is 0 Å². The second-order valence-corrected chi connectivity index (χ2v) is 5.56. The van der Waals surface area contributed by atoms with Crippen molar-refractivity contribution in [2.75, 3.05) is 19.5 Å². The van der Waals surface area contributed by atoms with Gasteiger partial charge >= 0.3 is 0 Å². The molecular formula is C17H20N4O3. The summed E-state index contributed by atoms with van der Waals surface area (Å²) in [5.41, 5.74) is 0.729. The molecule has 24 heavy (non-hydrogen) atoms. The van der Waals surface area contributed by atoms with E-state index >= 15 is 0 Å². The van der Waals surface area contributed by atoms with Crippen LogP contribution in [-0.2, 0) is 4.89 Å². The monoisotopic (exact) mass is 328 g/mol. The second kappa shape index (κ2) is 6.76. The van der Waals surface area contributed by atoms with Gasteiger partial charge in [-0.05, 0) is 26.0 Å². The van der Waals surface area contributed by atoms with Gasteiger partial charge in [0.25, 0.3) is 0 Å². The van der Waals surface area contributed by atoms with Crippen molar-refractivity contribution in [1.29, 1.82) is 0 Å². The number of aromatic nitrogens is 3. The Kier molecular flexibility index (Phi) is 4.52. The summed E-state index contributed by atoms with van der Waals surface area (Å²) in [6.07, 6.45) is 1.85. The zero-order chi connectivity index (χ0) is 17.1. The van der Waals surface area contributed by atoms with Crippen molar-refractivity contribution in [3.63, 3.8) is 0 Å². The SMILES string of the molecule is COOc1ccc2c(OC)cc(-n3ccc(NC(C)C)n3)nc2c1. The topological polar surface area (TPSA) is 70.4 Å². The van der Waals surface area contributed by atoms with Gasteiger partial charge in [-0.2, -0.15) is 4.89 Å². The van der Waals surface area contributed by atoms with Gasteiger partial charge in [-0.25, -0.2) is 9.67 Å². The van der Waals surface area contributed by atoms with Gasteiger partial charge in [0.1, 0.15) is 11.6 Å². The zero-order valence-corrected chi connectivity index (χ0v) is 14.1. The maximum atomic E-state index is 5.49. The number of nitrogens with zero attached hydrogens (tertiary/aromatic N) is 3. The standard InChI is InChI=1S/C17H20N4O3/c1-11(2)18-16-7-8-21(20-16)17-10-15(22-3)13-6-5-12(24-23-4)9-14(13)19-17/h5-11H,1-4H3,(H,18,20). The number of fused-ring (bicyclic) bond motifs is 1. The third kappa shape index (κ3) is 3.26. The molecule has 0 spiro atoms. The first kappa shape index (κ1) is 16.1. The molecule has 3 aromatic rings. The van der Waals surface area contributed by atoms with Crippen molar-refractivity contribution >= 4 is 16.7 Å². The van der Waals surface area contributed by atoms with Crippen molar-refractivity contribution in [2.45, 2.75) is 19.9 Å². The average Bonchev–Trinajstić information content (AvgIpc) is 3.01. The van der Waals surface area contributed by atoms with E-state index in [4.69, 9.17) is 14.5 Å². The highest BCUT2D eigenvalue weighted by molar-refractivity contribution is 5.87. The van der Waals surface area contributed by atoms with Gasteiger partial charge in [0, 0.05) is 35.8 Å². The predicted octanol–water partition coefficient (Wildman–Crippen LogP) is 3.19. The Balaban J connectivity index is 2.05. The minimum atomic E-state index is 0.307. The second-order valence-electron chi connectivity index (χ2n) is 5.56. The summed E-state index contributed by atoms with van der Waals surface area (Å²) >= 11 is 0. The van der Waals surface area contributed by atoms with Crippen LogP contribution in [0.15, 0.2) is 36.5 Å². The molecule has 126 valence electrons. The van der Waals surface area contributed by atoms with Crippen molar-refractivity contribution in [3.8, 4) is 17.3 Å². The maximum Gasteiger partial charge on any atom is 0.167 e. The molecule has 0 aliphatic rings. The Hall–Kier alpha value is -2.80. The van der Waals surface area contributed by atoms with Crippen LogP contribution in [0.2, 0.25) is 0 Å². The molecule has 0 bridgehead atoms. The van der Waals surface area contributed by atoms with Gasteiger partial charge < -0.3 is 14.9 Å². The third-order valence-corrected chi connectivity index (χ3v) is 3.39. The fourth-order valence-corrected chi connectivity index (χ4v) is 2.42. The quantitative estimate of drug-likeness (QED) is 0.553. The molecule has 0 amide bonds. The average molecular weight is 328 g/mol. The number of nitrogens with one attached hydrogen (secondary N) is 1. The molecule has 7 heteroatoms. The van der Waals surface area contributed by atoms with Crippen LogP contribution in [-0.4, -0.2) is 35.0 Å². The Morgan fingerprint density at radius 2 is 1.96 bits per heavy atom. The third-order valence-electron chi connectivity index (χ3n) is 3.39. The highest BCUT2D eigenvalue weighted by Crippen LogP contribution is 2.29. The van der Waals surface area contributed by atoms with Crippen LogP contribution >= 0.6 is 0 Å². The lowest BCUT2D eigenvalue weighted by molar-refractivity contribution is -0.178. The molecule has 1 aromatic carbocycles. The van der Waals surface area contributed by atoms with E-state index in [9.17, 15) is 0 Å². The van der Waals surface area contributed by atoms with Crippen LogP contribution in [0.25, 0.3) is 16.7 Å². The number of pyridine rings is 1. The summed E-state index contributed by atoms with van der Waals surface area (Å²) in [7, 11) is 3.09. The van der Waals surface area contributed by atoms with Gasteiger partial charge in [-0.3, -0.25) is 0 Å². The molecule has 2 aromatic heterocycles. The lowest BCUT2D eigenvalue weighted by atomic mass is 10.2. The van der Waals surface area contributed by atoms with Crippen LogP contribution in [0, 0.1) is 0 Å². The molecule has 0 radical (unpaired) electrons. The summed E-state index contributed by atoms with van der Waals surface area (Å²) in [5.74, 6) is 2.74. The highest BCUT2D eigenvalue weighted by atomic mass is 17.2. The molecule has 3 rings (SSSR count). The molecule has 0 unspecified atom stereocenters. The summed E-state index contributed by atoms with van der Waals surface area (Å²) in [6.45, 7) is 4.13. The number of hydrogen-bond acceptors (Lipinski definition) is 6. The molecule has 0 fully saturated rings. The summed E-state index contributed by atoms with van der Waals surface area (Å²) in [6, 6.07) is 9.54. The van der Waals surface area contributed by atoms with E-state index in [-0.39, 0.29) is 0 Å². The molecule has 1 N–H and O–H groups in total. The largest absolute Gasteiger partial charge is 0.496 e. The van der Waals surface area contributed by atoms with E-state index in [1.165, 1.54) is 7.11 Å². The predicted molar refractivity (Wildman–Crippen MR) is 91.8 cm³/mol. The van der Waals surface area contributed by atoms with Crippen LogP contribution in [0.4, 0.5) is 5.82 Å². The molecule has 0 atom stereocenters. The number of rotatable bonds is 6. The van der Waals surface area contributed by atoms with E-state index in [0.29, 0.717) is 23.4 Å². The Bertz CT molecular complexity index is 845. The Morgan fingerprint density at radius 1 is 1.12 bits per heavy atom. The zero-order valence-electron chi connectivity index (χ0n) is 14.1. The Labute approximate surface area is 140 Å². The molecule has 2 heterocycles. The van der Waals surface area contributed by atoms with Crippen molar-refractivity contribution < 1.29 is 14.5 Å². The summed E-state index contributed by atoms with van der Waals surface area (Å²) < 4.78 is 7.20. The van der Waals surface area contributed by atoms with E-state index in [2.05, 4.69) is 29.2 Å². The van der Waals surface area contributed by atoms with E-state index in [1.807, 2.05) is 24.4 Å². The lowest BCUT2D eigenvalue weighted by Crippen LogP contribution is -2.10. The molecule has 0 aliphatic carbocycles. The number of ether oxygens (including phenoxy) is 1. The van der Waals surface area contributed by atoms with E-state index in [0.717, 1.165) is 16.7 Å². The number of methoxy groups -OCH3 is 1. The minimum Gasteiger partial charge on any atom is -0.496 e. The Morgan fingerprint density at radius 3 is 2.67 bits per heavy atom. The molecule has 0 aliphatic heterocycles. The van der Waals surface area contributed by atoms with Crippen molar-refractivity contribution in [1.82, 2.24) is 14.8 Å². The first-order valence-corrected chi connectivity index (χ1v) is 7.62.